The highest BCUT2D eigenvalue weighted by atomic mass is 16.6. The van der Waals surface area contributed by atoms with Gasteiger partial charge in [-0.1, -0.05) is 6.92 Å². The number of nitrogens with zero attached hydrogens (tertiary/aromatic N) is 2. The molecule has 0 spiro atoms. The Labute approximate surface area is 126 Å². The van der Waals surface area contributed by atoms with Crippen molar-refractivity contribution in [3.05, 3.63) is 18.2 Å². The summed E-state index contributed by atoms with van der Waals surface area (Å²) in [5.74, 6) is 0. The van der Waals surface area contributed by atoms with Crippen LogP contribution in [-0.4, -0.2) is 34.5 Å². The molecule has 1 aromatic rings. The Morgan fingerprint density at radius 1 is 1.43 bits per heavy atom. The van der Waals surface area contributed by atoms with E-state index in [1.165, 1.54) is 0 Å². The average Bonchev–Trinajstić information content (AvgIpc) is 2.82. The Hall–Kier alpha value is -1.56. The molecule has 0 aromatic carbocycles. The summed E-state index contributed by atoms with van der Waals surface area (Å²) in [5, 5.41) is 2.89. The molecule has 0 aliphatic rings. The first kappa shape index (κ1) is 17.5. The van der Waals surface area contributed by atoms with Crippen LogP contribution in [-0.2, 0) is 16.0 Å². The van der Waals surface area contributed by atoms with E-state index in [4.69, 9.17) is 9.47 Å². The summed E-state index contributed by atoms with van der Waals surface area (Å²) in [5.41, 5.74) is 0.459. The smallest absolute Gasteiger partial charge is 0.408 e. The highest BCUT2D eigenvalue weighted by Crippen LogP contribution is 2.17. The van der Waals surface area contributed by atoms with Gasteiger partial charge in [-0.3, -0.25) is 0 Å². The average molecular weight is 297 g/mol. The zero-order valence-corrected chi connectivity index (χ0v) is 13.7. The van der Waals surface area contributed by atoms with Gasteiger partial charge in [-0.15, -0.1) is 0 Å². The van der Waals surface area contributed by atoms with Crippen molar-refractivity contribution >= 4 is 6.09 Å². The first-order valence-electron chi connectivity index (χ1n) is 7.44. The van der Waals surface area contributed by atoms with Crippen molar-refractivity contribution in [1.29, 1.82) is 0 Å². The van der Waals surface area contributed by atoms with Gasteiger partial charge in [0.15, 0.2) is 0 Å². The lowest BCUT2D eigenvalue weighted by molar-refractivity contribution is 0.0499. The van der Waals surface area contributed by atoms with Crippen LogP contribution in [0.4, 0.5) is 4.79 Å². The van der Waals surface area contributed by atoms with E-state index in [-0.39, 0.29) is 6.04 Å². The number of ether oxygens (including phenoxy) is 2. The molecule has 0 radical (unpaired) electrons. The molecule has 1 heterocycles. The van der Waals surface area contributed by atoms with Crippen LogP contribution in [0.25, 0.3) is 0 Å². The molecule has 6 nitrogen and oxygen atoms in total. The highest BCUT2D eigenvalue weighted by Gasteiger charge is 2.21. The van der Waals surface area contributed by atoms with Crippen LogP contribution in [0.15, 0.2) is 12.5 Å². The van der Waals surface area contributed by atoms with Crippen molar-refractivity contribution in [2.24, 2.45) is 0 Å². The number of hydrogen-bond donors (Lipinski definition) is 1. The van der Waals surface area contributed by atoms with Crippen LogP contribution in [0.3, 0.4) is 0 Å². The third-order valence-electron chi connectivity index (χ3n) is 2.88. The number of carbonyl (C=O) groups is 1. The van der Waals surface area contributed by atoms with Gasteiger partial charge in [-0.25, -0.2) is 9.78 Å². The van der Waals surface area contributed by atoms with Gasteiger partial charge in [0.2, 0.25) is 0 Å². The molecular formula is C15H27N3O3. The number of nitrogens with one attached hydrogen (secondary N) is 1. The van der Waals surface area contributed by atoms with Crippen molar-refractivity contribution in [3.63, 3.8) is 0 Å². The molecule has 21 heavy (non-hydrogen) atoms. The summed E-state index contributed by atoms with van der Waals surface area (Å²) >= 11 is 0. The van der Waals surface area contributed by atoms with Crippen molar-refractivity contribution in [2.75, 3.05) is 13.2 Å². The summed E-state index contributed by atoms with van der Waals surface area (Å²) in [6.07, 6.45) is 3.89. The molecule has 0 aliphatic heterocycles. The van der Waals surface area contributed by atoms with Crippen molar-refractivity contribution in [1.82, 2.24) is 14.9 Å². The second-order valence-electron chi connectivity index (χ2n) is 5.82. The van der Waals surface area contributed by atoms with Gasteiger partial charge in [0.25, 0.3) is 0 Å². The van der Waals surface area contributed by atoms with Gasteiger partial charge in [-0.2, -0.15) is 0 Å². The van der Waals surface area contributed by atoms with E-state index in [1.54, 1.807) is 12.5 Å². The second-order valence-corrected chi connectivity index (χ2v) is 5.82. The fourth-order valence-corrected chi connectivity index (χ4v) is 1.95. The molecule has 0 saturated carbocycles. The predicted molar refractivity (Wildman–Crippen MR) is 81.1 cm³/mol. The van der Waals surface area contributed by atoms with Crippen LogP contribution in [0, 0.1) is 0 Å². The molecule has 1 rings (SSSR count). The van der Waals surface area contributed by atoms with Crippen molar-refractivity contribution < 1.29 is 14.3 Å². The van der Waals surface area contributed by atoms with Crippen LogP contribution in [0.1, 0.15) is 52.8 Å². The predicted octanol–water partition coefficient (Wildman–Crippen LogP) is 2.90. The van der Waals surface area contributed by atoms with E-state index in [1.807, 2.05) is 39.2 Å². The first-order chi connectivity index (χ1) is 9.87. The van der Waals surface area contributed by atoms with Crippen LogP contribution in [0.2, 0.25) is 0 Å². The molecule has 120 valence electrons. The van der Waals surface area contributed by atoms with E-state index >= 15 is 0 Å². The molecule has 1 aromatic heterocycles. The standard InChI is InChI=1S/C15H27N3O3/c1-6-12(17-14(19)21-15(3,4)5)13-10-16-11-18(13)8-9-20-7-2/h10-12H,6-9H2,1-5H3,(H,17,19)/t12-/m1/s1. The number of rotatable bonds is 7. The molecule has 0 saturated heterocycles. The van der Waals surface area contributed by atoms with Gasteiger partial charge in [0, 0.05) is 13.2 Å². The fraction of sp³-hybridized carbons (Fsp3) is 0.733. The minimum absolute atomic E-state index is 0.121. The van der Waals surface area contributed by atoms with E-state index in [9.17, 15) is 4.79 Å². The fourth-order valence-electron chi connectivity index (χ4n) is 1.95. The number of amides is 1. The molecule has 0 unspecified atom stereocenters. The van der Waals surface area contributed by atoms with E-state index in [0.29, 0.717) is 13.2 Å². The summed E-state index contributed by atoms with van der Waals surface area (Å²) in [6, 6.07) is -0.121. The van der Waals surface area contributed by atoms with Crippen molar-refractivity contribution in [3.8, 4) is 0 Å². The van der Waals surface area contributed by atoms with E-state index < -0.39 is 11.7 Å². The normalized spacial score (nSPS) is 13.0. The molecule has 6 heteroatoms. The first-order valence-corrected chi connectivity index (χ1v) is 7.44. The maximum Gasteiger partial charge on any atom is 0.408 e. The third-order valence-corrected chi connectivity index (χ3v) is 2.88. The molecule has 0 fully saturated rings. The number of hydrogen-bond acceptors (Lipinski definition) is 4. The minimum Gasteiger partial charge on any atom is -0.444 e. The Kier molecular flexibility index (Phi) is 6.68. The maximum absolute atomic E-state index is 11.9. The van der Waals surface area contributed by atoms with Crippen LogP contribution >= 0.6 is 0 Å². The number of imidazole rings is 1. The number of alkyl carbamates (subject to hydrolysis) is 1. The Bertz CT molecular complexity index is 438. The summed E-state index contributed by atoms with van der Waals surface area (Å²) in [6.45, 7) is 11.6. The van der Waals surface area contributed by atoms with Crippen molar-refractivity contribution in [2.45, 2.75) is 59.2 Å². The van der Waals surface area contributed by atoms with Gasteiger partial charge in [0.05, 0.1) is 30.9 Å². The van der Waals surface area contributed by atoms with Gasteiger partial charge in [-0.05, 0) is 34.1 Å². The van der Waals surface area contributed by atoms with Gasteiger partial charge < -0.3 is 19.4 Å². The van der Waals surface area contributed by atoms with Crippen LogP contribution in [0.5, 0.6) is 0 Å². The zero-order chi connectivity index (χ0) is 15.9. The molecule has 1 N–H and O–H groups in total. The lowest BCUT2D eigenvalue weighted by atomic mass is 10.1. The molecule has 1 amide bonds. The lowest BCUT2D eigenvalue weighted by Gasteiger charge is -2.23. The third kappa shape index (κ3) is 6.16. The van der Waals surface area contributed by atoms with Crippen LogP contribution < -0.4 is 5.32 Å². The van der Waals surface area contributed by atoms with E-state index in [2.05, 4.69) is 10.3 Å². The summed E-state index contributed by atoms with van der Waals surface area (Å²) in [4.78, 5) is 16.1. The Morgan fingerprint density at radius 2 is 2.14 bits per heavy atom. The van der Waals surface area contributed by atoms with Gasteiger partial charge >= 0.3 is 6.09 Å². The summed E-state index contributed by atoms with van der Waals surface area (Å²) in [7, 11) is 0. The molecular weight excluding hydrogens is 270 g/mol. The Morgan fingerprint density at radius 3 is 2.71 bits per heavy atom. The SMILES string of the molecule is CCOCCn1cncc1[C@@H](CC)NC(=O)OC(C)(C)C. The maximum atomic E-state index is 11.9. The highest BCUT2D eigenvalue weighted by molar-refractivity contribution is 5.68. The summed E-state index contributed by atoms with van der Waals surface area (Å²) < 4.78 is 12.7. The number of carbonyl (C=O) groups excluding carboxylic acids is 1. The largest absolute Gasteiger partial charge is 0.444 e. The quantitative estimate of drug-likeness (QED) is 0.786. The molecule has 1 atom stereocenters. The minimum atomic E-state index is -0.502. The lowest BCUT2D eigenvalue weighted by Crippen LogP contribution is -2.35. The topological polar surface area (TPSA) is 65.4 Å². The second kappa shape index (κ2) is 8.02. The number of aromatic nitrogens is 2. The Balaban J connectivity index is 2.67. The van der Waals surface area contributed by atoms with Gasteiger partial charge in [0.1, 0.15) is 5.60 Å². The molecule has 0 bridgehead atoms. The molecule has 0 aliphatic carbocycles. The monoisotopic (exact) mass is 297 g/mol. The van der Waals surface area contributed by atoms with E-state index in [0.717, 1.165) is 18.7 Å². The zero-order valence-electron chi connectivity index (χ0n) is 13.7.